The van der Waals surface area contributed by atoms with Crippen molar-refractivity contribution in [1.29, 1.82) is 0 Å². The second kappa shape index (κ2) is 37.5. The number of benzene rings is 14. The number of hydrogen-bond donors (Lipinski definition) is 0. The van der Waals surface area contributed by atoms with Crippen LogP contribution in [0.1, 0.15) is 67.5 Å². The number of halogens is 2. The first-order valence-corrected chi connectivity index (χ1v) is 36.4. The van der Waals surface area contributed by atoms with Crippen LogP contribution in [0.3, 0.4) is 0 Å². The first-order valence-electron chi connectivity index (χ1n) is 34.0. The summed E-state index contributed by atoms with van der Waals surface area (Å²) in [5.41, 5.74) is 18.1. The Morgan fingerprint density at radius 1 is 0.225 bits per heavy atom. The molecule has 16 aromatic carbocycles. The maximum atomic E-state index is 3.57. The fourth-order valence-electron chi connectivity index (χ4n) is 12.9. The molecule has 2 atom stereocenters. The van der Waals surface area contributed by atoms with Gasteiger partial charge >= 0.3 is 198 Å². The molecule has 0 radical (unpaired) electrons. The number of fused-ring (bicyclic) bond motifs is 6. The molecule has 0 aliphatic heterocycles. The Morgan fingerprint density at radius 3 is 0.667 bits per heavy atom. The maximum absolute atomic E-state index is 3.57. The number of hydrogen-bond acceptors (Lipinski definition) is 0. The molecule has 4 heteroatoms. The minimum absolute atomic E-state index is 0. The molecule has 102 heavy (non-hydrogen) atoms. The van der Waals surface area contributed by atoms with Crippen LogP contribution < -0.4 is 24.8 Å². The fourth-order valence-corrected chi connectivity index (χ4v) is 14.6. The van der Waals surface area contributed by atoms with E-state index in [1.165, 1.54) is 176 Å². The van der Waals surface area contributed by atoms with Gasteiger partial charge in [-0.05, 0) is 11.1 Å². The molecule has 0 amide bonds. The molecule has 2 unspecified atom stereocenters. The second-order valence-electron chi connectivity index (χ2n) is 24.3. The Morgan fingerprint density at radius 2 is 0.422 bits per heavy atom. The van der Waals surface area contributed by atoms with Gasteiger partial charge in [-0.3, -0.25) is 12.2 Å². The van der Waals surface area contributed by atoms with Crippen LogP contribution in [0.5, 0.6) is 0 Å². The van der Waals surface area contributed by atoms with E-state index in [1.807, 2.05) is 0 Å². The van der Waals surface area contributed by atoms with Gasteiger partial charge in [0, 0.05) is 0 Å². The summed E-state index contributed by atoms with van der Waals surface area (Å²) >= 11 is 2.92. The number of allylic oxidation sites excluding steroid dienone is 8. The van der Waals surface area contributed by atoms with Gasteiger partial charge in [0.05, 0.1) is 0 Å². The normalized spacial score (nSPS) is 13.1. The van der Waals surface area contributed by atoms with Crippen LogP contribution in [0.4, 0.5) is 0 Å². The van der Waals surface area contributed by atoms with Crippen molar-refractivity contribution in [3.8, 4) is 0 Å². The molecule has 2 aliphatic rings. The first-order chi connectivity index (χ1) is 49.5. The van der Waals surface area contributed by atoms with Crippen molar-refractivity contribution in [3.05, 3.63) is 492 Å². The Bertz CT molecular complexity index is 4870. The largest absolute Gasteiger partial charge is 0.126 e. The third-order valence-corrected chi connectivity index (χ3v) is 20.7. The smallest absolute Gasteiger partial charge is 0.0771 e. The molecule has 0 nitrogen and oxygen atoms in total. The van der Waals surface area contributed by atoms with Crippen LogP contribution in [0.25, 0.3) is 65.4 Å². The SMILES string of the molecule is [C-]1=CC(c2ccccc2)=C(c2ccccc2)C1c1ccccc1.[C-]1=CC(c2ccccc2)=C(c2ccccc2)C1c1ccccc1.[Cl-].[Cl-].[Zr+2]=[C](c1ccccc1)c1ccccc1.[Zr+2]=[C](c1ccccc1)c1ccccc1.c1ccc2c(c1)[cH-]c1ccccc12.c1ccc2c(c1)[cH-]c1ccccc12. The predicted molar refractivity (Wildman–Crippen MR) is 420 cm³/mol. The zero-order valence-corrected chi connectivity index (χ0v) is 62.8. The van der Waals surface area contributed by atoms with Crippen molar-refractivity contribution in [2.45, 2.75) is 11.8 Å². The molecule has 0 spiro atoms. The van der Waals surface area contributed by atoms with E-state index in [-0.39, 0.29) is 36.6 Å². The van der Waals surface area contributed by atoms with Crippen LogP contribution in [0.15, 0.2) is 425 Å². The summed E-state index contributed by atoms with van der Waals surface area (Å²) in [5, 5.41) is 10.8. The summed E-state index contributed by atoms with van der Waals surface area (Å²) in [7, 11) is 0. The van der Waals surface area contributed by atoms with Crippen molar-refractivity contribution in [2.75, 3.05) is 0 Å². The molecule has 0 heterocycles. The molecule has 488 valence electrons. The fraction of sp³-hybridized carbons (Fsp3) is 0.0204. The van der Waals surface area contributed by atoms with Gasteiger partial charge in [0.15, 0.2) is 0 Å². The average molecular weight is 1500 g/mol. The summed E-state index contributed by atoms with van der Waals surface area (Å²) in [6, 6.07) is 144. The van der Waals surface area contributed by atoms with Gasteiger partial charge in [-0.15, -0.1) is 102 Å². The topological polar surface area (TPSA) is 0 Å². The zero-order chi connectivity index (χ0) is 67.9. The summed E-state index contributed by atoms with van der Waals surface area (Å²) in [5.74, 6) is 0.377. The maximum Gasteiger partial charge on any atom is -0.0771 e. The summed E-state index contributed by atoms with van der Waals surface area (Å²) < 4.78 is 2.83. The second-order valence-corrected chi connectivity index (χ2v) is 26.7. The van der Waals surface area contributed by atoms with E-state index in [2.05, 4.69) is 437 Å². The summed E-state index contributed by atoms with van der Waals surface area (Å²) in [6.45, 7) is 0. The van der Waals surface area contributed by atoms with Crippen molar-refractivity contribution in [1.82, 2.24) is 0 Å². The van der Waals surface area contributed by atoms with Gasteiger partial charge in [0.2, 0.25) is 0 Å². The Balaban J connectivity index is 0.000000125. The van der Waals surface area contributed by atoms with Crippen LogP contribution in [-0.4, -0.2) is 6.41 Å². The molecule has 0 fully saturated rings. The molecule has 0 aromatic heterocycles. The van der Waals surface area contributed by atoms with Crippen molar-refractivity contribution < 1.29 is 73.3 Å². The molecule has 16 aromatic rings. The van der Waals surface area contributed by atoms with Crippen LogP contribution in [-0.2, 0) is 48.5 Å². The standard InChI is InChI=1S/2C23H17.2C13H9.2C13H10.2ClH.2Zr/c2*1-4-10-18(11-5-1)21-16-17-22(19-12-6-2-7-13-19)23(21)20-14-8-3-9-15-20;2*1-3-7-12-10(5-1)9-11-6-2-4-8-13(11)12;2*1-3-7-12(8-4-1)11-13-9-5-2-6-10-13;;;;/h2*1-16,22H;2*1-9H;2*1-10H;2*1H;;/q4*-1;;;;;2*+2/p-2. The van der Waals surface area contributed by atoms with E-state index >= 15 is 0 Å². The molecule has 0 bridgehead atoms. The quantitative estimate of drug-likeness (QED) is 0.120. The predicted octanol–water partition coefficient (Wildman–Crippen LogP) is 18.5. The molecule has 0 saturated carbocycles. The summed E-state index contributed by atoms with van der Waals surface area (Å²) in [4.78, 5) is 0. The van der Waals surface area contributed by atoms with Crippen molar-refractivity contribution in [2.24, 2.45) is 0 Å². The van der Waals surface area contributed by atoms with Gasteiger partial charge in [-0.2, -0.15) is 11.1 Å². The molecule has 2 aliphatic carbocycles. The van der Waals surface area contributed by atoms with E-state index < -0.39 is 0 Å². The first kappa shape index (κ1) is 73.1. The third kappa shape index (κ3) is 18.5. The molecule has 18 rings (SSSR count). The van der Waals surface area contributed by atoms with Gasteiger partial charge in [0.1, 0.15) is 0 Å². The van der Waals surface area contributed by atoms with E-state index in [0.717, 1.165) is 0 Å². The summed E-state index contributed by atoms with van der Waals surface area (Å²) in [6.07, 6.45) is 11.4. The Labute approximate surface area is 643 Å². The molecule has 0 N–H and O–H groups in total. The molecular weight excluding hydrogens is 1430 g/mol. The molecule has 0 saturated heterocycles. The third-order valence-electron chi connectivity index (χ3n) is 17.8. The minimum Gasteiger partial charge on any atom is -0.126 e. The Kier molecular flexibility index (Phi) is 26.9. The van der Waals surface area contributed by atoms with Gasteiger partial charge in [-0.1, -0.05) is 278 Å². The average Bonchev–Trinajstić information content (AvgIpc) is 1.77. The van der Waals surface area contributed by atoms with Crippen molar-refractivity contribution in [3.63, 3.8) is 0 Å². The van der Waals surface area contributed by atoms with E-state index in [1.54, 1.807) is 0 Å². The van der Waals surface area contributed by atoms with Crippen LogP contribution >= 0.6 is 0 Å². The van der Waals surface area contributed by atoms with E-state index in [4.69, 9.17) is 0 Å². The zero-order valence-electron chi connectivity index (χ0n) is 56.3. The minimum atomic E-state index is 0. The van der Waals surface area contributed by atoms with E-state index in [0.29, 0.717) is 0 Å². The van der Waals surface area contributed by atoms with Gasteiger partial charge in [-0.25, -0.2) is 12.2 Å². The molecular formula is C98H72Cl2Zr2-2. The monoisotopic (exact) mass is 1500 g/mol. The van der Waals surface area contributed by atoms with Crippen LogP contribution in [0.2, 0.25) is 0 Å². The van der Waals surface area contributed by atoms with Crippen molar-refractivity contribution >= 4 is 71.8 Å². The number of rotatable bonds is 10. The van der Waals surface area contributed by atoms with Gasteiger partial charge in [0.25, 0.3) is 0 Å². The Hall–Kier alpha value is -10.1. The van der Waals surface area contributed by atoms with Crippen LogP contribution in [0, 0.1) is 12.2 Å². The van der Waals surface area contributed by atoms with Gasteiger partial charge < -0.3 is 24.8 Å². The van der Waals surface area contributed by atoms with E-state index in [9.17, 15) is 0 Å².